The fourth-order valence-corrected chi connectivity index (χ4v) is 6.86. The van der Waals surface area contributed by atoms with Gasteiger partial charge in [0, 0.05) is 42.6 Å². The Morgan fingerprint density at radius 3 is 2.52 bits per heavy atom. The minimum atomic E-state index is -3.57. The molecule has 5 rings (SSSR count). The van der Waals surface area contributed by atoms with Gasteiger partial charge in [-0.1, -0.05) is 36.1 Å². The van der Waals surface area contributed by atoms with Crippen LogP contribution >= 0.6 is 0 Å². The lowest BCUT2D eigenvalue weighted by Gasteiger charge is -2.57. The lowest BCUT2D eigenvalue weighted by molar-refractivity contribution is -0.0553. The summed E-state index contributed by atoms with van der Waals surface area (Å²) in [5, 5.41) is 10.2. The maximum absolute atomic E-state index is 13.5. The van der Waals surface area contributed by atoms with Crippen LogP contribution in [0.2, 0.25) is 0 Å². The molecule has 2 heterocycles. The van der Waals surface area contributed by atoms with E-state index in [-0.39, 0.29) is 24.6 Å². The topological polar surface area (TPSA) is 60.9 Å². The van der Waals surface area contributed by atoms with Gasteiger partial charge in [0.1, 0.15) is 0 Å². The number of aliphatic hydroxyl groups excluding tert-OH is 1. The Labute approximate surface area is 197 Å². The lowest BCUT2D eigenvalue weighted by Crippen LogP contribution is -2.67. The van der Waals surface area contributed by atoms with E-state index in [0.717, 1.165) is 36.1 Å². The zero-order chi connectivity index (χ0) is 23.0. The molecule has 0 unspecified atom stereocenters. The smallest absolute Gasteiger partial charge is 0.243 e. The zero-order valence-electron chi connectivity index (χ0n) is 19.2. The van der Waals surface area contributed by atoms with Crippen LogP contribution in [0, 0.1) is 24.7 Å². The summed E-state index contributed by atoms with van der Waals surface area (Å²) in [4.78, 5) is 2.67. The van der Waals surface area contributed by atoms with E-state index in [9.17, 15) is 13.5 Å². The van der Waals surface area contributed by atoms with Crippen LogP contribution in [0.5, 0.6) is 0 Å². The van der Waals surface area contributed by atoms with Crippen molar-refractivity contribution in [2.75, 3.05) is 26.2 Å². The van der Waals surface area contributed by atoms with Gasteiger partial charge in [-0.3, -0.25) is 4.90 Å². The highest BCUT2D eigenvalue weighted by atomic mass is 32.2. The number of rotatable bonds is 4. The number of benzene rings is 2. The van der Waals surface area contributed by atoms with E-state index >= 15 is 0 Å². The molecule has 1 aliphatic carbocycles. The summed E-state index contributed by atoms with van der Waals surface area (Å²) in [6, 6.07) is 15.6. The summed E-state index contributed by atoms with van der Waals surface area (Å²) in [6.45, 7) is 3.87. The van der Waals surface area contributed by atoms with Crippen molar-refractivity contribution in [3.05, 3.63) is 65.2 Å². The van der Waals surface area contributed by atoms with Crippen molar-refractivity contribution in [1.29, 1.82) is 0 Å². The van der Waals surface area contributed by atoms with Crippen molar-refractivity contribution in [2.24, 2.45) is 5.92 Å². The monoisotopic (exact) mass is 464 g/mol. The molecule has 0 aromatic heterocycles. The molecule has 2 saturated heterocycles. The molecular weight excluding hydrogens is 432 g/mol. The molecule has 3 atom stereocenters. The van der Waals surface area contributed by atoms with Gasteiger partial charge in [0.05, 0.1) is 11.5 Å². The van der Waals surface area contributed by atoms with Crippen LogP contribution in [0.25, 0.3) is 0 Å². The molecule has 3 fully saturated rings. The van der Waals surface area contributed by atoms with E-state index in [1.54, 1.807) is 22.5 Å². The largest absolute Gasteiger partial charge is 0.395 e. The molecule has 0 bridgehead atoms. The van der Waals surface area contributed by atoms with E-state index < -0.39 is 10.0 Å². The van der Waals surface area contributed by atoms with E-state index in [1.165, 1.54) is 12.8 Å². The highest BCUT2D eigenvalue weighted by Gasteiger charge is 2.50. The minimum absolute atomic E-state index is 0.0278. The van der Waals surface area contributed by atoms with E-state index in [2.05, 4.69) is 41.0 Å². The first-order chi connectivity index (χ1) is 16.0. The molecule has 0 amide bonds. The second kappa shape index (κ2) is 9.23. The molecule has 3 aliphatic rings. The molecule has 2 aliphatic heterocycles. The number of nitrogens with zero attached hydrogens (tertiary/aromatic N) is 2. The second-order valence-electron chi connectivity index (χ2n) is 9.63. The van der Waals surface area contributed by atoms with Gasteiger partial charge < -0.3 is 5.11 Å². The van der Waals surface area contributed by atoms with Gasteiger partial charge in [-0.2, -0.15) is 4.31 Å². The van der Waals surface area contributed by atoms with Gasteiger partial charge in [0.15, 0.2) is 0 Å². The number of sulfonamides is 1. The predicted molar refractivity (Wildman–Crippen MR) is 129 cm³/mol. The van der Waals surface area contributed by atoms with E-state index in [1.807, 2.05) is 13.0 Å². The third kappa shape index (κ3) is 4.61. The molecule has 5 nitrogen and oxygen atoms in total. The van der Waals surface area contributed by atoms with Crippen LogP contribution < -0.4 is 0 Å². The van der Waals surface area contributed by atoms with Crippen LogP contribution in [-0.4, -0.2) is 61.1 Å². The number of hydrogen-bond donors (Lipinski definition) is 1. The number of hydrogen-bond acceptors (Lipinski definition) is 4. The van der Waals surface area contributed by atoms with E-state index in [4.69, 9.17) is 0 Å². The summed E-state index contributed by atoms with van der Waals surface area (Å²) in [6.07, 6.45) is 4.18. The van der Waals surface area contributed by atoms with Crippen molar-refractivity contribution < 1.29 is 13.5 Å². The first-order valence-corrected chi connectivity index (χ1v) is 13.5. The summed E-state index contributed by atoms with van der Waals surface area (Å²) >= 11 is 0. The zero-order valence-corrected chi connectivity index (χ0v) is 20.0. The predicted octanol–water partition coefficient (Wildman–Crippen LogP) is 3.37. The highest BCUT2D eigenvalue weighted by molar-refractivity contribution is 7.89. The molecule has 1 saturated carbocycles. The fraction of sp³-hybridized carbons (Fsp3) is 0.481. The quantitative estimate of drug-likeness (QED) is 0.705. The maximum atomic E-state index is 13.5. The third-order valence-electron chi connectivity index (χ3n) is 7.25. The Morgan fingerprint density at radius 2 is 1.82 bits per heavy atom. The van der Waals surface area contributed by atoms with Gasteiger partial charge >= 0.3 is 0 Å². The third-order valence-corrected chi connectivity index (χ3v) is 9.11. The fourth-order valence-electron chi connectivity index (χ4n) is 5.25. The normalized spacial score (nSPS) is 26.3. The van der Waals surface area contributed by atoms with Gasteiger partial charge in [-0.05, 0) is 74.5 Å². The SMILES string of the molecule is Cc1cccc(S(=O)(=O)N2CCCCN3[C@@H](CO)[C@@H](c4ccc(C#CC5CC5)cc4)[C@@H]3C2)c1. The van der Waals surface area contributed by atoms with Crippen LogP contribution in [0.15, 0.2) is 53.4 Å². The van der Waals surface area contributed by atoms with Crippen LogP contribution in [0.4, 0.5) is 0 Å². The van der Waals surface area contributed by atoms with Gasteiger partial charge in [-0.15, -0.1) is 0 Å². The average molecular weight is 465 g/mol. The summed E-state index contributed by atoms with van der Waals surface area (Å²) in [5.41, 5.74) is 3.11. The van der Waals surface area contributed by atoms with Crippen molar-refractivity contribution >= 4 is 10.0 Å². The standard InChI is InChI=1S/C27H32N2O3S/c1-20-5-4-6-24(17-20)33(31,32)28-15-2-3-16-29-25(18-28)27(26(29)19-30)23-13-11-22(12-14-23)10-9-21-7-8-21/h4-6,11-14,17,21,25-27,30H,2-3,7-8,15-16,18-19H2,1H3/t25-,26-,27-/m0/s1. The summed E-state index contributed by atoms with van der Waals surface area (Å²) < 4.78 is 28.7. The Balaban J connectivity index is 1.40. The molecule has 2 aromatic carbocycles. The van der Waals surface area contributed by atoms with Crippen LogP contribution in [0.3, 0.4) is 0 Å². The Kier molecular flexibility index (Phi) is 6.32. The van der Waals surface area contributed by atoms with Gasteiger partial charge in [-0.25, -0.2) is 8.42 Å². The molecular formula is C27H32N2O3S. The summed E-state index contributed by atoms with van der Waals surface area (Å²) in [5.74, 6) is 7.24. The Morgan fingerprint density at radius 1 is 1.06 bits per heavy atom. The number of aliphatic hydroxyl groups is 1. The van der Waals surface area contributed by atoms with Crippen molar-refractivity contribution in [2.45, 2.75) is 55.5 Å². The van der Waals surface area contributed by atoms with Crippen molar-refractivity contribution in [1.82, 2.24) is 9.21 Å². The second-order valence-corrected chi connectivity index (χ2v) is 11.6. The number of fused-ring (bicyclic) bond motifs is 1. The average Bonchev–Trinajstić information content (AvgIpc) is 3.62. The molecule has 33 heavy (non-hydrogen) atoms. The summed E-state index contributed by atoms with van der Waals surface area (Å²) in [7, 11) is -3.57. The first-order valence-electron chi connectivity index (χ1n) is 12.0. The molecule has 6 heteroatoms. The van der Waals surface area contributed by atoms with Crippen LogP contribution in [0.1, 0.15) is 48.3 Å². The first kappa shape index (κ1) is 22.6. The van der Waals surface area contributed by atoms with Crippen LogP contribution in [-0.2, 0) is 10.0 Å². The lowest BCUT2D eigenvalue weighted by atomic mass is 9.74. The molecule has 1 N–H and O–H groups in total. The van der Waals surface area contributed by atoms with Crippen molar-refractivity contribution in [3.63, 3.8) is 0 Å². The Bertz CT molecular complexity index is 1160. The molecule has 2 aromatic rings. The van der Waals surface area contributed by atoms with Gasteiger partial charge in [0.2, 0.25) is 10.0 Å². The Hall–Kier alpha value is -2.17. The van der Waals surface area contributed by atoms with Gasteiger partial charge in [0.25, 0.3) is 0 Å². The minimum Gasteiger partial charge on any atom is -0.395 e. The highest BCUT2D eigenvalue weighted by Crippen LogP contribution is 2.42. The number of aryl methyl sites for hydroxylation is 1. The van der Waals surface area contributed by atoms with E-state index in [0.29, 0.717) is 23.9 Å². The molecule has 0 spiro atoms. The molecule has 0 radical (unpaired) electrons. The van der Waals surface area contributed by atoms with Crippen molar-refractivity contribution in [3.8, 4) is 11.8 Å². The molecule has 174 valence electrons. The maximum Gasteiger partial charge on any atom is 0.243 e.